The van der Waals surface area contributed by atoms with Crippen LogP contribution in [0.2, 0.25) is 0 Å². The van der Waals surface area contributed by atoms with Crippen molar-refractivity contribution < 1.29 is 4.84 Å². The van der Waals surface area contributed by atoms with Gasteiger partial charge in [-0.05, 0) is 6.92 Å². The Morgan fingerprint density at radius 1 is 1.71 bits per heavy atom. The maximum atomic E-state index is 4.61. The van der Waals surface area contributed by atoms with Crippen LogP contribution in [0.25, 0.3) is 0 Å². The van der Waals surface area contributed by atoms with Gasteiger partial charge in [0.05, 0.1) is 0 Å². The van der Waals surface area contributed by atoms with Crippen molar-refractivity contribution in [2.75, 3.05) is 6.61 Å². The largest absolute Gasteiger partial charge is 0.396 e. The fourth-order valence-corrected chi connectivity index (χ4v) is 0.178. The standard InChI is InChI=1S/C5H10NO/c1-3-5-6-7-4-2/h3,5H,4H2,1-2H3. The number of rotatable bonds is 3. The predicted octanol–water partition coefficient (Wildman–Crippen LogP) is 1.23. The van der Waals surface area contributed by atoms with Crippen LogP contribution < -0.4 is 0 Å². The average Bonchev–Trinajstić information content (AvgIpc) is 1.69. The molecule has 0 aliphatic rings. The van der Waals surface area contributed by atoms with Crippen molar-refractivity contribution in [2.45, 2.75) is 13.8 Å². The highest BCUT2D eigenvalue weighted by molar-refractivity contribution is 5.65. The van der Waals surface area contributed by atoms with Gasteiger partial charge in [-0.25, -0.2) is 0 Å². The zero-order valence-electron chi connectivity index (χ0n) is 4.72. The molecule has 0 aliphatic carbocycles. The maximum absolute atomic E-state index is 4.61. The molecule has 0 amide bonds. The molecule has 0 aromatic carbocycles. The first kappa shape index (κ1) is 6.47. The summed E-state index contributed by atoms with van der Waals surface area (Å²) >= 11 is 0. The highest BCUT2D eigenvalue weighted by atomic mass is 16.6. The van der Waals surface area contributed by atoms with Crippen molar-refractivity contribution in [1.29, 1.82) is 0 Å². The van der Waals surface area contributed by atoms with E-state index in [1.54, 1.807) is 6.21 Å². The zero-order valence-corrected chi connectivity index (χ0v) is 4.72. The Morgan fingerprint density at radius 2 is 2.43 bits per heavy atom. The van der Waals surface area contributed by atoms with Crippen molar-refractivity contribution in [3.05, 3.63) is 6.42 Å². The van der Waals surface area contributed by atoms with Gasteiger partial charge in [-0.1, -0.05) is 12.1 Å². The Hall–Kier alpha value is -0.530. The molecule has 7 heavy (non-hydrogen) atoms. The minimum atomic E-state index is 0.643. The van der Waals surface area contributed by atoms with Gasteiger partial charge in [0, 0.05) is 12.6 Å². The molecule has 0 fully saturated rings. The number of oxime groups is 1. The molecule has 0 bridgehead atoms. The van der Waals surface area contributed by atoms with Gasteiger partial charge in [0.1, 0.15) is 6.61 Å². The van der Waals surface area contributed by atoms with Gasteiger partial charge >= 0.3 is 0 Å². The van der Waals surface area contributed by atoms with E-state index in [1.165, 1.54) is 0 Å². The number of nitrogens with zero attached hydrogens (tertiary/aromatic N) is 1. The molecule has 0 aromatic heterocycles. The molecular formula is C5H10NO. The second-order valence-electron chi connectivity index (χ2n) is 1.01. The fourth-order valence-electron chi connectivity index (χ4n) is 0.178. The van der Waals surface area contributed by atoms with E-state index in [2.05, 4.69) is 9.99 Å². The summed E-state index contributed by atoms with van der Waals surface area (Å²) in [5.74, 6) is 0. The molecular weight excluding hydrogens is 90.1 g/mol. The highest BCUT2D eigenvalue weighted by Gasteiger charge is 1.66. The van der Waals surface area contributed by atoms with Crippen LogP contribution in [0.1, 0.15) is 13.8 Å². The van der Waals surface area contributed by atoms with Crippen LogP contribution >= 0.6 is 0 Å². The third-order valence-electron chi connectivity index (χ3n) is 0.414. The van der Waals surface area contributed by atoms with Gasteiger partial charge in [-0.15, -0.1) is 0 Å². The van der Waals surface area contributed by atoms with Crippen molar-refractivity contribution >= 4 is 6.21 Å². The van der Waals surface area contributed by atoms with Crippen LogP contribution in [0.3, 0.4) is 0 Å². The summed E-state index contributed by atoms with van der Waals surface area (Å²) in [6.07, 6.45) is 3.43. The second kappa shape index (κ2) is 5.47. The first-order valence-corrected chi connectivity index (χ1v) is 2.35. The van der Waals surface area contributed by atoms with Crippen LogP contribution in [0, 0.1) is 6.42 Å². The van der Waals surface area contributed by atoms with Gasteiger partial charge in [0.2, 0.25) is 0 Å². The molecule has 0 spiro atoms. The van der Waals surface area contributed by atoms with E-state index in [1.807, 2.05) is 20.3 Å². The lowest BCUT2D eigenvalue weighted by Crippen LogP contribution is -1.78. The third-order valence-corrected chi connectivity index (χ3v) is 0.414. The van der Waals surface area contributed by atoms with Crippen molar-refractivity contribution in [3.63, 3.8) is 0 Å². The summed E-state index contributed by atoms with van der Waals surface area (Å²) in [7, 11) is 0. The smallest absolute Gasteiger partial charge is 0.114 e. The SMILES string of the molecule is C[CH]C=NOCC. The van der Waals surface area contributed by atoms with Gasteiger partial charge in [0.25, 0.3) is 0 Å². The summed E-state index contributed by atoms with van der Waals surface area (Å²) in [5.41, 5.74) is 0. The molecule has 0 aromatic rings. The lowest BCUT2D eigenvalue weighted by atomic mass is 10.6. The zero-order chi connectivity index (χ0) is 5.54. The van der Waals surface area contributed by atoms with Crippen molar-refractivity contribution in [3.8, 4) is 0 Å². The van der Waals surface area contributed by atoms with Gasteiger partial charge in [0.15, 0.2) is 0 Å². The predicted molar refractivity (Wildman–Crippen MR) is 30.1 cm³/mol. The quantitative estimate of drug-likeness (QED) is 0.386. The fraction of sp³-hybridized carbons (Fsp3) is 0.600. The molecule has 0 heterocycles. The van der Waals surface area contributed by atoms with Gasteiger partial charge in [-0.2, -0.15) is 0 Å². The average molecular weight is 100 g/mol. The van der Waals surface area contributed by atoms with Crippen molar-refractivity contribution in [2.24, 2.45) is 5.16 Å². The first-order chi connectivity index (χ1) is 3.41. The van der Waals surface area contributed by atoms with Crippen molar-refractivity contribution in [1.82, 2.24) is 0 Å². The van der Waals surface area contributed by atoms with Crippen LogP contribution in [0.15, 0.2) is 5.16 Å². The summed E-state index contributed by atoms with van der Waals surface area (Å²) in [5, 5.41) is 3.53. The Kier molecular flexibility index (Phi) is 5.06. The van der Waals surface area contributed by atoms with Gasteiger partial charge < -0.3 is 4.84 Å². The Bertz CT molecular complexity index is 52.0. The Balaban J connectivity index is 2.78. The molecule has 0 saturated heterocycles. The molecule has 41 valence electrons. The van der Waals surface area contributed by atoms with Crippen LogP contribution in [-0.2, 0) is 4.84 Å². The van der Waals surface area contributed by atoms with E-state index < -0.39 is 0 Å². The van der Waals surface area contributed by atoms with E-state index in [4.69, 9.17) is 0 Å². The molecule has 0 unspecified atom stereocenters. The minimum Gasteiger partial charge on any atom is -0.396 e. The second-order valence-corrected chi connectivity index (χ2v) is 1.01. The Labute approximate surface area is 44.2 Å². The number of hydrogen-bond donors (Lipinski definition) is 0. The lowest BCUT2D eigenvalue weighted by molar-refractivity contribution is 0.160. The maximum Gasteiger partial charge on any atom is 0.114 e. The van der Waals surface area contributed by atoms with Gasteiger partial charge in [-0.3, -0.25) is 0 Å². The lowest BCUT2D eigenvalue weighted by Gasteiger charge is -1.86. The highest BCUT2D eigenvalue weighted by Crippen LogP contribution is 1.71. The van der Waals surface area contributed by atoms with Crippen LogP contribution in [-0.4, -0.2) is 12.8 Å². The van der Waals surface area contributed by atoms with E-state index >= 15 is 0 Å². The monoisotopic (exact) mass is 100 g/mol. The first-order valence-electron chi connectivity index (χ1n) is 2.35. The van der Waals surface area contributed by atoms with E-state index in [-0.39, 0.29) is 0 Å². The summed E-state index contributed by atoms with van der Waals surface area (Å²) in [4.78, 5) is 4.61. The summed E-state index contributed by atoms with van der Waals surface area (Å²) in [6, 6.07) is 0. The molecule has 2 nitrogen and oxygen atoms in total. The molecule has 0 aliphatic heterocycles. The topological polar surface area (TPSA) is 21.6 Å². The molecule has 1 radical (unpaired) electrons. The summed E-state index contributed by atoms with van der Waals surface area (Å²) in [6.45, 7) is 4.43. The molecule has 0 rings (SSSR count). The molecule has 0 saturated carbocycles. The minimum absolute atomic E-state index is 0.643. The van der Waals surface area contributed by atoms with E-state index in [9.17, 15) is 0 Å². The third kappa shape index (κ3) is 5.47. The van der Waals surface area contributed by atoms with Crippen LogP contribution in [0.5, 0.6) is 0 Å². The molecule has 2 heteroatoms. The van der Waals surface area contributed by atoms with E-state index in [0.29, 0.717) is 6.61 Å². The van der Waals surface area contributed by atoms with E-state index in [0.717, 1.165) is 0 Å². The molecule has 0 N–H and O–H groups in total. The molecule has 0 atom stereocenters. The van der Waals surface area contributed by atoms with Crippen LogP contribution in [0.4, 0.5) is 0 Å². The normalized spacial score (nSPS) is 10.0. The number of hydrogen-bond acceptors (Lipinski definition) is 2. The summed E-state index contributed by atoms with van der Waals surface area (Å²) < 4.78 is 0. The Morgan fingerprint density at radius 3 is 2.86 bits per heavy atom.